The molecule has 1 N–H and O–H groups in total. The Hall–Kier alpha value is -3.40. The molecular formula is C21H22N8OS. The van der Waals surface area contributed by atoms with Gasteiger partial charge in [-0.05, 0) is 33.6 Å². The molecule has 1 atom stereocenters. The van der Waals surface area contributed by atoms with Gasteiger partial charge in [0.15, 0.2) is 10.9 Å². The second-order valence-electron chi connectivity index (χ2n) is 7.55. The van der Waals surface area contributed by atoms with Crippen molar-refractivity contribution in [2.45, 2.75) is 39.7 Å². The van der Waals surface area contributed by atoms with Crippen molar-refractivity contribution < 1.29 is 4.52 Å². The zero-order valence-electron chi connectivity index (χ0n) is 17.5. The molecule has 4 aromatic heterocycles. The second kappa shape index (κ2) is 8.03. The molecule has 0 amide bonds. The third kappa shape index (κ3) is 3.98. The Bertz CT molecular complexity index is 1220. The molecule has 4 aromatic rings. The molecule has 1 saturated heterocycles. The van der Waals surface area contributed by atoms with Gasteiger partial charge >= 0.3 is 0 Å². The number of nitrogens with zero attached hydrogens (tertiary/aromatic N) is 7. The molecule has 5 rings (SSSR count). The third-order valence-corrected chi connectivity index (χ3v) is 6.02. The molecule has 1 fully saturated rings. The molecule has 0 aromatic carbocycles. The van der Waals surface area contributed by atoms with Crippen LogP contribution in [-0.4, -0.2) is 36.6 Å². The van der Waals surface area contributed by atoms with Gasteiger partial charge in [0, 0.05) is 47.8 Å². The highest BCUT2D eigenvalue weighted by Crippen LogP contribution is 2.36. The maximum absolute atomic E-state index is 5.73. The van der Waals surface area contributed by atoms with Crippen LogP contribution in [0.1, 0.15) is 40.9 Å². The lowest BCUT2D eigenvalue weighted by molar-refractivity contribution is 0.362. The van der Waals surface area contributed by atoms with Gasteiger partial charge in [-0.15, -0.1) is 11.3 Å². The number of aryl methyl sites for hydroxylation is 3. The quantitative estimate of drug-likeness (QED) is 0.489. The molecule has 158 valence electrons. The minimum atomic E-state index is 0.0231. The molecule has 1 aliphatic heterocycles. The summed E-state index contributed by atoms with van der Waals surface area (Å²) >= 11 is 1.60. The summed E-state index contributed by atoms with van der Waals surface area (Å²) in [6.45, 7) is 6.77. The molecule has 0 unspecified atom stereocenters. The van der Waals surface area contributed by atoms with Crippen molar-refractivity contribution in [3.05, 3.63) is 52.7 Å². The zero-order valence-corrected chi connectivity index (χ0v) is 18.3. The van der Waals surface area contributed by atoms with Gasteiger partial charge in [-0.3, -0.25) is 9.97 Å². The van der Waals surface area contributed by atoms with Crippen LogP contribution in [0.4, 0.5) is 16.9 Å². The SMILES string of the molecule is Cc1cc(Nc2ncc(C)s2)nc(N2CCC[C@H]2c2cc(-c3nccnc3C)no2)n1. The first-order valence-electron chi connectivity index (χ1n) is 10.1. The predicted molar refractivity (Wildman–Crippen MR) is 118 cm³/mol. The molecule has 0 aliphatic carbocycles. The van der Waals surface area contributed by atoms with Gasteiger partial charge in [-0.25, -0.2) is 9.97 Å². The first-order valence-corrected chi connectivity index (χ1v) is 10.9. The average Bonchev–Trinajstić information content (AvgIpc) is 3.48. The van der Waals surface area contributed by atoms with Crippen LogP contribution in [0.3, 0.4) is 0 Å². The van der Waals surface area contributed by atoms with E-state index in [2.05, 4.69) is 30.3 Å². The fraction of sp³-hybridized carbons (Fsp3) is 0.333. The van der Waals surface area contributed by atoms with Gasteiger partial charge in [0.05, 0.1) is 11.7 Å². The van der Waals surface area contributed by atoms with Crippen molar-refractivity contribution in [1.82, 2.24) is 30.1 Å². The molecule has 0 bridgehead atoms. The van der Waals surface area contributed by atoms with Crippen molar-refractivity contribution >= 4 is 28.2 Å². The molecular weight excluding hydrogens is 412 g/mol. The standard InChI is InChI=1S/C21H22N8OS/c1-12-9-18(27-21-24-11-13(2)31-21)26-20(25-12)29-8-4-5-16(29)17-10-15(28-30-17)19-14(3)22-6-7-23-19/h6-7,9-11,16H,4-5,8H2,1-3H3,(H,24,25,26,27)/t16-/m0/s1. The van der Waals surface area contributed by atoms with Crippen molar-refractivity contribution in [1.29, 1.82) is 0 Å². The zero-order chi connectivity index (χ0) is 21.4. The van der Waals surface area contributed by atoms with E-state index in [4.69, 9.17) is 14.5 Å². The Morgan fingerprint density at radius 1 is 1.10 bits per heavy atom. The summed E-state index contributed by atoms with van der Waals surface area (Å²) in [7, 11) is 0. The van der Waals surface area contributed by atoms with Gasteiger partial charge in [0.2, 0.25) is 5.95 Å². The second-order valence-corrected chi connectivity index (χ2v) is 8.79. The fourth-order valence-electron chi connectivity index (χ4n) is 3.79. The summed E-state index contributed by atoms with van der Waals surface area (Å²) in [5, 5.41) is 8.36. The largest absolute Gasteiger partial charge is 0.358 e. The van der Waals surface area contributed by atoms with Crippen molar-refractivity contribution in [3.8, 4) is 11.4 Å². The Morgan fingerprint density at radius 3 is 2.77 bits per heavy atom. The van der Waals surface area contributed by atoms with Gasteiger partial charge in [0.1, 0.15) is 17.2 Å². The lowest BCUT2D eigenvalue weighted by Gasteiger charge is -2.23. The highest BCUT2D eigenvalue weighted by atomic mass is 32.1. The van der Waals surface area contributed by atoms with Gasteiger partial charge < -0.3 is 14.7 Å². The van der Waals surface area contributed by atoms with E-state index < -0.39 is 0 Å². The van der Waals surface area contributed by atoms with Crippen LogP contribution in [0.25, 0.3) is 11.4 Å². The van der Waals surface area contributed by atoms with Gasteiger partial charge in [-0.1, -0.05) is 5.16 Å². The lowest BCUT2D eigenvalue weighted by atomic mass is 10.1. The van der Waals surface area contributed by atoms with E-state index in [1.165, 1.54) is 0 Å². The number of hydrogen-bond acceptors (Lipinski definition) is 10. The monoisotopic (exact) mass is 434 g/mol. The predicted octanol–water partition coefficient (Wildman–Crippen LogP) is 4.39. The van der Waals surface area contributed by atoms with Crippen LogP contribution in [0.5, 0.6) is 0 Å². The smallest absolute Gasteiger partial charge is 0.228 e. The van der Waals surface area contributed by atoms with Crippen LogP contribution in [-0.2, 0) is 0 Å². The minimum absolute atomic E-state index is 0.0231. The van der Waals surface area contributed by atoms with Crippen LogP contribution in [0, 0.1) is 20.8 Å². The van der Waals surface area contributed by atoms with Crippen LogP contribution >= 0.6 is 11.3 Å². The van der Waals surface area contributed by atoms with E-state index in [0.29, 0.717) is 11.6 Å². The van der Waals surface area contributed by atoms with Crippen molar-refractivity contribution in [2.24, 2.45) is 0 Å². The van der Waals surface area contributed by atoms with Gasteiger partial charge in [0.25, 0.3) is 0 Å². The van der Waals surface area contributed by atoms with Crippen LogP contribution in [0.15, 0.2) is 35.2 Å². The molecule has 0 saturated carbocycles. The van der Waals surface area contributed by atoms with Crippen LogP contribution < -0.4 is 10.2 Å². The molecule has 0 spiro atoms. The van der Waals surface area contributed by atoms with E-state index >= 15 is 0 Å². The first-order chi connectivity index (χ1) is 15.1. The molecule has 0 radical (unpaired) electrons. The molecule has 31 heavy (non-hydrogen) atoms. The fourth-order valence-corrected chi connectivity index (χ4v) is 4.46. The highest BCUT2D eigenvalue weighted by Gasteiger charge is 2.32. The Kier molecular flexibility index (Phi) is 5.06. The molecule has 9 nitrogen and oxygen atoms in total. The summed E-state index contributed by atoms with van der Waals surface area (Å²) in [4.78, 5) is 25.8. The summed E-state index contributed by atoms with van der Waals surface area (Å²) in [5.74, 6) is 2.19. The number of rotatable bonds is 5. The summed E-state index contributed by atoms with van der Waals surface area (Å²) in [6.07, 6.45) is 7.15. The normalized spacial score (nSPS) is 16.1. The average molecular weight is 435 g/mol. The maximum Gasteiger partial charge on any atom is 0.228 e. The van der Waals surface area contributed by atoms with Crippen molar-refractivity contribution in [2.75, 3.05) is 16.8 Å². The van der Waals surface area contributed by atoms with E-state index in [-0.39, 0.29) is 6.04 Å². The number of hydrogen-bond donors (Lipinski definition) is 1. The molecule has 1 aliphatic rings. The maximum atomic E-state index is 5.73. The minimum Gasteiger partial charge on any atom is -0.358 e. The third-order valence-electron chi connectivity index (χ3n) is 5.19. The van der Waals surface area contributed by atoms with E-state index in [0.717, 1.165) is 58.1 Å². The summed E-state index contributed by atoms with van der Waals surface area (Å²) in [5.41, 5.74) is 3.14. The molecule has 10 heteroatoms. The Morgan fingerprint density at radius 2 is 1.97 bits per heavy atom. The Balaban J connectivity index is 1.42. The number of anilines is 3. The topological polar surface area (TPSA) is 106 Å². The number of aromatic nitrogens is 6. The van der Waals surface area contributed by atoms with Crippen molar-refractivity contribution in [3.63, 3.8) is 0 Å². The molecule has 5 heterocycles. The van der Waals surface area contributed by atoms with Gasteiger partial charge in [-0.2, -0.15) is 4.98 Å². The highest BCUT2D eigenvalue weighted by molar-refractivity contribution is 7.15. The lowest BCUT2D eigenvalue weighted by Crippen LogP contribution is -2.25. The van der Waals surface area contributed by atoms with E-state index in [1.807, 2.05) is 39.1 Å². The summed E-state index contributed by atoms with van der Waals surface area (Å²) < 4.78 is 5.73. The Labute approximate surface area is 183 Å². The van der Waals surface area contributed by atoms with E-state index in [1.54, 1.807) is 23.7 Å². The van der Waals surface area contributed by atoms with Crippen LogP contribution in [0.2, 0.25) is 0 Å². The number of thiazole rings is 1. The first kappa shape index (κ1) is 19.6. The van der Waals surface area contributed by atoms with E-state index in [9.17, 15) is 0 Å². The summed E-state index contributed by atoms with van der Waals surface area (Å²) in [6, 6.07) is 3.90. The number of nitrogens with one attached hydrogen (secondary N) is 1.